The lowest BCUT2D eigenvalue weighted by Gasteiger charge is -2.39. The van der Waals surface area contributed by atoms with Gasteiger partial charge in [-0.15, -0.1) is 0 Å². The minimum absolute atomic E-state index is 0.160. The first-order valence-corrected chi connectivity index (χ1v) is 12.6. The van der Waals surface area contributed by atoms with Gasteiger partial charge in [-0.1, -0.05) is 101 Å². The maximum Gasteiger partial charge on any atom is 0.0900 e. The fourth-order valence-electron chi connectivity index (χ4n) is 5.35. The van der Waals surface area contributed by atoms with Crippen LogP contribution in [0, 0.1) is 22.7 Å². The molecule has 1 fully saturated rings. The van der Waals surface area contributed by atoms with E-state index in [-0.39, 0.29) is 11.0 Å². The third-order valence-corrected chi connectivity index (χ3v) is 7.33. The Balaban J connectivity index is 1.66. The Hall–Kier alpha value is -1.85. The molecular formula is C29H41NO. The predicted octanol–water partition coefficient (Wildman–Crippen LogP) is 8.26. The molecule has 3 unspecified atom stereocenters. The number of nitriles is 1. The Morgan fingerprint density at radius 2 is 1.90 bits per heavy atom. The second-order valence-corrected chi connectivity index (χ2v) is 9.98. The Labute approximate surface area is 190 Å². The van der Waals surface area contributed by atoms with Crippen molar-refractivity contribution in [3.63, 3.8) is 0 Å². The van der Waals surface area contributed by atoms with Gasteiger partial charge in [0.15, 0.2) is 0 Å². The zero-order chi connectivity index (χ0) is 22.0. The third-order valence-electron chi connectivity index (χ3n) is 7.33. The molecule has 0 spiro atoms. The highest BCUT2D eigenvalue weighted by Crippen LogP contribution is 2.45. The lowest BCUT2D eigenvalue weighted by molar-refractivity contribution is -0.0237. The number of nitrogens with zero attached hydrogens (tertiary/aromatic N) is 1. The van der Waals surface area contributed by atoms with Crippen LogP contribution in [-0.2, 0) is 4.74 Å². The van der Waals surface area contributed by atoms with E-state index in [2.05, 4.69) is 68.5 Å². The number of ether oxygens (including phenoxy) is 1. The molecule has 2 nitrogen and oxygen atoms in total. The molecule has 0 amide bonds. The van der Waals surface area contributed by atoms with Crippen molar-refractivity contribution in [2.75, 3.05) is 6.61 Å². The Bertz CT molecular complexity index is 774. The summed E-state index contributed by atoms with van der Waals surface area (Å²) in [7, 11) is 0. The Morgan fingerprint density at radius 3 is 2.58 bits per heavy atom. The van der Waals surface area contributed by atoms with Crippen molar-refractivity contribution >= 4 is 5.57 Å². The first-order chi connectivity index (χ1) is 15.1. The van der Waals surface area contributed by atoms with E-state index in [0.29, 0.717) is 5.92 Å². The lowest BCUT2D eigenvalue weighted by Crippen LogP contribution is -2.35. The smallest absolute Gasteiger partial charge is 0.0900 e. The quantitative estimate of drug-likeness (QED) is 0.338. The minimum atomic E-state index is -0.256. The van der Waals surface area contributed by atoms with Crippen LogP contribution in [-0.4, -0.2) is 12.2 Å². The van der Waals surface area contributed by atoms with Gasteiger partial charge in [0.1, 0.15) is 0 Å². The molecule has 0 aromatic heterocycles. The molecule has 0 saturated heterocycles. The van der Waals surface area contributed by atoms with Crippen molar-refractivity contribution < 1.29 is 4.74 Å². The molecule has 3 rings (SSSR count). The van der Waals surface area contributed by atoms with Crippen LogP contribution in [0.25, 0.3) is 5.57 Å². The number of unbranched alkanes of at least 4 members (excludes halogenated alkanes) is 4. The maximum absolute atomic E-state index is 10.0. The van der Waals surface area contributed by atoms with Crippen molar-refractivity contribution in [1.82, 2.24) is 0 Å². The average molecular weight is 420 g/mol. The summed E-state index contributed by atoms with van der Waals surface area (Å²) in [6, 6.07) is 13.3. The predicted molar refractivity (Wildman–Crippen MR) is 131 cm³/mol. The molecule has 0 N–H and O–H groups in total. The van der Waals surface area contributed by atoms with Crippen molar-refractivity contribution in [2.24, 2.45) is 11.3 Å². The molecule has 2 aliphatic carbocycles. The van der Waals surface area contributed by atoms with Crippen LogP contribution in [0.2, 0.25) is 0 Å². The standard InChI is InChI=1S/C29H41NO/c1-3-4-5-6-10-22-31-29(21-20-28(24-30)17-11-12-25(2)23-28)18-15-27(16-19-29)26-13-8-7-9-14-26/h7-9,13-16,18,25H,3-6,10-12,17,19-23H2,1-2H3. The molecule has 1 aromatic carbocycles. The molecule has 2 heteroatoms. The van der Waals surface area contributed by atoms with Gasteiger partial charge in [0.05, 0.1) is 17.1 Å². The summed E-state index contributed by atoms with van der Waals surface area (Å²) in [6.07, 6.45) is 20.5. The van der Waals surface area contributed by atoms with E-state index in [9.17, 15) is 5.26 Å². The van der Waals surface area contributed by atoms with Crippen molar-refractivity contribution in [3.8, 4) is 6.07 Å². The minimum Gasteiger partial charge on any atom is -0.371 e. The first kappa shape index (κ1) is 23.8. The van der Waals surface area contributed by atoms with Gasteiger partial charge in [0.25, 0.3) is 0 Å². The van der Waals surface area contributed by atoms with Crippen LogP contribution in [0.3, 0.4) is 0 Å². The van der Waals surface area contributed by atoms with Gasteiger partial charge < -0.3 is 4.74 Å². The molecular weight excluding hydrogens is 378 g/mol. The summed E-state index contributed by atoms with van der Waals surface area (Å²) in [4.78, 5) is 0. The number of benzene rings is 1. The maximum atomic E-state index is 10.0. The van der Waals surface area contributed by atoms with Gasteiger partial charge in [-0.2, -0.15) is 5.26 Å². The molecule has 168 valence electrons. The molecule has 0 aliphatic heterocycles. The SMILES string of the molecule is CCCCCCCOC1(CCC2(C#N)CCCC(C)C2)C=CC(c2ccccc2)=CC1. The zero-order valence-corrected chi connectivity index (χ0v) is 19.7. The highest BCUT2D eigenvalue weighted by atomic mass is 16.5. The summed E-state index contributed by atoms with van der Waals surface area (Å²) >= 11 is 0. The average Bonchev–Trinajstić information content (AvgIpc) is 2.81. The van der Waals surface area contributed by atoms with Crippen LogP contribution in [0.4, 0.5) is 0 Å². The Morgan fingerprint density at radius 1 is 1.10 bits per heavy atom. The van der Waals surface area contributed by atoms with Crippen LogP contribution < -0.4 is 0 Å². The molecule has 3 atom stereocenters. The monoisotopic (exact) mass is 419 g/mol. The van der Waals surface area contributed by atoms with Gasteiger partial charge >= 0.3 is 0 Å². The second kappa shape index (κ2) is 11.7. The molecule has 2 aliphatic rings. The van der Waals surface area contributed by atoms with Gasteiger partial charge in [-0.3, -0.25) is 0 Å². The second-order valence-electron chi connectivity index (χ2n) is 9.98. The summed E-state index contributed by atoms with van der Waals surface area (Å²) < 4.78 is 6.60. The molecule has 1 aromatic rings. The van der Waals surface area contributed by atoms with E-state index in [1.54, 1.807) is 0 Å². The zero-order valence-electron chi connectivity index (χ0n) is 19.7. The van der Waals surface area contributed by atoms with E-state index in [0.717, 1.165) is 45.1 Å². The number of allylic oxidation sites excluding steroid dienone is 2. The van der Waals surface area contributed by atoms with Crippen molar-refractivity contribution in [1.29, 1.82) is 5.26 Å². The van der Waals surface area contributed by atoms with E-state index in [1.165, 1.54) is 49.7 Å². The van der Waals surface area contributed by atoms with E-state index >= 15 is 0 Å². The van der Waals surface area contributed by atoms with Gasteiger partial charge in [-0.05, 0) is 55.6 Å². The van der Waals surface area contributed by atoms with Crippen molar-refractivity contribution in [3.05, 3.63) is 54.1 Å². The summed E-state index contributed by atoms with van der Waals surface area (Å²) in [5.74, 6) is 0.662. The van der Waals surface area contributed by atoms with Crippen LogP contribution in [0.5, 0.6) is 0 Å². The largest absolute Gasteiger partial charge is 0.371 e. The normalized spacial score (nSPS) is 28.2. The number of rotatable bonds is 11. The number of hydrogen-bond acceptors (Lipinski definition) is 2. The summed E-state index contributed by atoms with van der Waals surface area (Å²) in [5, 5.41) is 10.0. The molecule has 0 heterocycles. The number of hydrogen-bond donors (Lipinski definition) is 0. The molecule has 1 saturated carbocycles. The summed E-state index contributed by atoms with van der Waals surface area (Å²) in [6.45, 7) is 5.38. The first-order valence-electron chi connectivity index (χ1n) is 12.6. The van der Waals surface area contributed by atoms with E-state index < -0.39 is 0 Å². The van der Waals surface area contributed by atoms with Crippen molar-refractivity contribution in [2.45, 2.75) is 96.5 Å². The molecule has 31 heavy (non-hydrogen) atoms. The summed E-state index contributed by atoms with van der Waals surface area (Å²) in [5.41, 5.74) is 2.13. The topological polar surface area (TPSA) is 33.0 Å². The lowest BCUT2D eigenvalue weighted by atomic mass is 9.67. The van der Waals surface area contributed by atoms with Gasteiger partial charge in [-0.25, -0.2) is 0 Å². The highest BCUT2D eigenvalue weighted by molar-refractivity contribution is 5.75. The van der Waals surface area contributed by atoms with E-state index in [1.807, 2.05) is 0 Å². The van der Waals surface area contributed by atoms with Crippen LogP contribution in [0.15, 0.2) is 48.6 Å². The van der Waals surface area contributed by atoms with E-state index in [4.69, 9.17) is 4.74 Å². The van der Waals surface area contributed by atoms with Crippen LogP contribution >= 0.6 is 0 Å². The Kier molecular flexibility index (Phi) is 8.97. The fourth-order valence-corrected chi connectivity index (χ4v) is 5.35. The molecule has 0 bridgehead atoms. The van der Waals surface area contributed by atoms with Crippen LogP contribution in [0.1, 0.15) is 96.5 Å². The van der Waals surface area contributed by atoms with Gasteiger partial charge in [0.2, 0.25) is 0 Å². The highest BCUT2D eigenvalue weighted by Gasteiger charge is 2.39. The molecule has 0 radical (unpaired) electrons. The van der Waals surface area contributed by atoms with Gasteiger partial charge in [0, 0.05) is 6.61 Å². The fraction of sp³-hybridized carbons (Fsp3) is 0.621. The third kappa shape index (κ3) is 6.81.